The van der Waals surface area contributed by atoms with Gasteiger partial charge in [-0.25, -0.2) is 8.42 Å². The van der Waals surface area contributed by atoms with Gasteiger partial charge in [0, 0.05) is 25.7 Å². The van der Waals surface area contributed by atoms with Crippen LogP contribution in [0.25, 0.3) is 0 Å². The SMILES string of the molecule is COCCOc1ccccc1S(=O)(=O)N1CCCCC1C(C)N.Cl. The Labute approximate surface area is 150 Å². The van der Waals surface area contributed by atoms with Gasteiger partial charge >= 0.3 is 0 Å². The lowest BCUT2D eigenvalue weighted by Crippen LogP contribution is -2.51. The number of nitrogens with two attached hydrogens (primary N) is 1. The van der Waals surface area contributed by atoms with Gasteiger partial charge in [0.2, 0.25) is 10.0 Å². The van der Waals surface area contributed by atoms with Crippen molar-refractivity contribution in [1.82, 2.24) is 4.31 Å². The Morgan fingerprint density at radius 2 is 2.00 bits per heavy atom. The Morgan fingerprint density at radius 3 is 2.67 bits per heavy atom. The third-order valence-corrected chi connectivity index (χ3v) is 6.05. The Morgan fingerprint density at radius 1 is 1.29 bits per heavy atom. The van der Waals surface area contributed by atoms with Crippen LogP contribution in [-0.2, 0) is 14.8 Å². The van der Waals surface area contributed by atoms with E-state index < -0.39 is 10.0 Å². The fourth-order valence-corrected chi connectivity index (χ4v) is 4.81. The average molecular weight is 379 g/mol. The zero-order valence-electron chi connectivity index (χ0n) is 14.2. The summed E-state index contributed by atoms with van der Waals surface area (Å²) in [4.78, 5) is 0.198. The summed E-state index contributed by atoms with van der Waals surface area (Å²) >= 11 is 0. The van der Waals surface area contributed by atoms with Crippen LogP contribution in [0.5, 0.6) is 5.75 Å². The first kappa shape index (κ1) is 21.2. The predicted molar refractivity (Wildman–Crippen MR) is 96.2 cm³/mol. The molecule has 0 aromatic heterocycles. The van der Waals surface area contributed by atoms with Crippen LogP contribution in [0.4, 0.5) is 0 Å². The lowest BCUT2D eigenvalue weighted by atomic mass is 10.00. The van der Waals surface area contributed by atoms with E-state index >= 15 is 0 Å². The second kappa shape index (κ2) is 9.58. The number of rotatable bonds is 7. The van der Waals surface area contributed by atoms with Crippen molar-refractivity contribution in [2.45, 2.75) is 43.2 Å². The predicted octanol–water partition coefficient (Wildman–Crippen LogP) is 2.02. The zero-order valence-corrected chi connectivity index (χ0v) is 15.8. The molecule has 6 nitrogen and oxygen atoms in total. The molecule has 1 aromatic carbocycles. The fourth-order valence-electron chi connectivity index (χ4n) is 2.90. The van der Waals surface area contributed by atoms with Gasteiger partial charge in [-0.3, -0.25) is 0 Å². The molecule has 0 radical (unpaired) electrons. The maximum atomic E-state index is 13.1. The third-order valence-electron chi connectivity index (χ3n) is 4.09. The van der Waals surface area contributed by atoms with Crippen molar-refractivity contribution in [2.75, 3.05) is 26.9 Å². The molecule has 1 saturated heterocycles. The third kappa shape index (κ3) is 4.83. The molecule has 138 valence electrons. The summed E-state index contributed by atoms with van der Waals surface area (Å²) in [6.07, 6.45) is 2.66. The van der Waals surface area contributed by atoms with Crippen LogP contribution in [0.2, 0.25) is 0 Å². The number of halogens is 1. The second-order valence-electron chi connectivity index (χ2n) is 5.83. The molecule has 0 aliphatic carbocycles. The van der Waals surface area contributed by atoms with Crippen LogP contribution in [-0.4, -0.2) is 51.7 Å². The van der Waals surface area contributed by atoms with Crippen LogP contribution in [0, 0.1) is 0 Å². The van der Waals surface area contributed by atoms with E-state index in [1.807, 2.05) is 6.92 Å². The van der Waals surface area contributed by atoms with Crippen LogP contribution in [0.1, 0.15) is 26.2 Å². The quantitative estimate of drug-likeness (QED) is 0.734. The highest BCUT2D eigenvalue weighted by Crippen LogP contribution is 2.31. The molecule has 1 heterocycles. The van der Waals surface area contributed by atoms with Crippen molar-refractivity contribution in [1.29, 1.82) is 0 Å². The lowest BCUT2D eigenvalue weighted by Gasteiger charge is -2.37. The summed E-state index contributed by atoms with van der Waals surface area (Å²) in [5.74, 6) is 0.360. The van der Waals surface area contributed by atoms with Crippen LogP contribution >= 0.6 is 12.4 Å². The first-order valence-corrected chi connectivity index (χ1v) is 9.40. The van der Waals surface area contributed by atoms with Gasteiger partial charge in [0.25, 0.3) is 0 Å². The molecule has 1 aromatic rings. The summed E-state index contributed by atoms with van der Waals surface area (Å²) in [6, 6.07) is 6.37. The largest absolute Gasteiger partial charge is 0.490 e. The Bertz CT molecular complexity index is 610. The van der Waals surface area contributed by atoms with Gasteiger partial charge in [-0.15, -0.1) is 12.4 Å². The minimum absolute atomic E-state index is 0. The van der Waals surface area contributed by atoms with E-state index in [0.717, 1.165) is 19.3 Å². The molecule has 1 fully saturated rings. The van der Waals surface area contributed by atoms with Crippen molar-refractivity contribution < 1.29 is 17.9 Å². The van der Waals surface area contributed by atoms with Gasteiger partial charge in [-0.1, -0.05) is 18.6 Å². The number of para-hydroxylation sites is 1. The van der Waals surface area contributed by atoms with E-state index in [0.29, 0.717) is 25.5 Å². The molecule has 0 saturated carbocycles. The van der Waals surface area contributed by atoms with Gasteiger partial charge in [0.1, 0.15) is 17.3 Å². The number of nitrogens with zero attached hydrogens (tertiary/aromatic N) is 1. The fraction of sp³-hybridized carbons (Fsp3) is 0.625. The molecule has 2 atom stereocenters. The molecule has 0 bridgehead atoms. The summed E-state index contributed by atoms with van der Waals surface area (Å²) in [5, 5.41) is 0. The molecule has 0 spiro atoms. The number of hydrogen-bond acceptors (Lipinski definition) is 5. The van der Waals surface area contributed by atoms with Gasteiger partial charge in [-0.05, 0) is 31.9 Å². The summed E-state index contributed by atoms with van der Waals surface area (Å²) in [6.45, 7) is 3.07. The van der Waals surface area contributed by atoms with Crippen molar-refractivity contribution in [3.05, 3.63) is 24.3 Å². The maximum absolute atomic E-state index is 13.1. The van der Waals surface area contributed by atoms with Crippen molar-refractivity contribution in [3.8, 4) is 5.75 Å². The Balaban J connectivity index is 0.00000288. The van der Waals surface area contributed by atoms with Crippen molar-refractivity contribution >= 4 is 22.4 Å². The molecule has 2 N–H and O–H groups in total. The Kier molecular flexibility index (Phi) is 8.45. The van der Waals surface area contributed by atoms with Gasteiger partial charge in [0.05, 0.1) is 6.61 Å². The molecule has 2 unspecified atom stereocenters. The van der Waals surface area contributed by atoms with Crippen LogP contribution < -0.4 is 10.5 Å². The minimum Gasteiger partial charge on any atom is -0.490 e. The van der Waals surface area contributed by atoms with Crippen molar-refractivity contribution in [2.24, 2.45) is 5.73 Å². The molecular weight excluding hydrogens is 352 g/mol. The van der Waals surface area contributed by atoms with Crippen LogP contribution in [0.3, 0.4) is 0 Å². The highest BCUT2D eigenvalue weighted by Gasteiger charge is 2.36. The van der Waals surface area contributed by atoms with Crippen molar-refractivity contribution in [3.63, 3.8) is 0 Å². The molecule has 1 aliphatic rings. The van der Waals surface area contributed by atoms with Crippen LogP contribution in [0.15, 0.2) is 29.2 Å². The monoisotopic (exact) mass is 378 g/mol. The van der Waals surface area contributed by atoms with E-state index in [1.54, 1.807) is 35.7 Å². The highest BCUT2D eigenvalue weighted by molar-refractivity contribution is 7.89. The smallest absolute Gasteiger partial charge is 0.247 e. The number of hydrogen-bond donors (Lipinski definition) is 1. The number of ether oxygens (including phenoxy) is 2. The minimum atomic E-state index is -3.64. The standard InChI is InChI=1S/C16H26N2O4S.ClH/c1-13(17)14-7-5-6-10-18(14)23(19,20)16-9-4-3-8-15(16)22-12-11-21-2;/h3-4,8-9,13-14H,5-7,10-12,17H2,1-2H3;1H. The van der Waals surface area contributed by atoms with E-state index in [9.17, 15) is 8.42 Å². The van der Waals surface area contributed by atoms with E-state index in [4.69, 9.17) is 15.2 Å². The molecular formula is C16H27ClN2O4S. The normalized spacial score (nSPS) is 20.2. The van der Waals surface area contributed by atoms with Gasteiger partial charge < -0.3 is 15.2 Å². The lowest BCUT2D eigenvalue weighted by molar-refractivity contribution is 0.144. The van der Waals surface area contributed by atoms with E-state index in [-0.39, 0.29) is 29.4 Å². The molecule has 1 aliphatic heterocycles. The molecule has 24 heavy (non-hydrogen) atoms. The first-order chi connectivity index (χ1) is 11.0. The van der Waals surface area contributed by atoms with E-state index in [2.05, 4.69) is 0 Å². The zero-order chi connectivity index (χ0) is 16.9. The summed E-state index contributed by atoms with van der Waals surface area (Å²) in [7, 11) is -2.06. The average Bonchev–Trinajstić information content (AvgIpc) is 2.55. The van der Waals surface area contributed by atoms with E-state index in [1.165, 1.54) is 0 Å². The molecule has 0 amide bonds. The number of piperidine rings is 1. The first-order valence-electron chi connectivity index (χ1n) is 7.96. The Hall–Kier alpha value is -0.860. The maximum Gasteiger partial charge on any atom is 0.247 e. The summed E-state index contributed by atoms with van der Waals surface area (Å²) in [5.41, 5.74) is 6.01. The number of sulfonamides is 1. The second-order valence-corrected chi connectivity index (χ2v) is 7.68. The molecule has 8 heteroatoms. The number of benzene rings is 1. The number of methoxy groups -OCH3 is 1. The highest BCUT2D eigenvalue weighted by atomic mass is 35.5. The van der Waals surface area contributed by atoms with Gasteiger partial charge in [-0.2, -0.15) is 4.31 Å². The summed E-state index contributed by atoms with van der Waals surface area (Å²) < 4.78 is 38.3. The molecule has 2 rings (SSSR count). The topological polar surface area (TPSA) is 81.9 Å². The van der Waals surface area contributed by atoms with Gasteiger partial charge in [0.15, 0.2) is 0 Å².